The van der Waals surface area contributed by atoms with Crippen molar-refractivity contribution in [2.75, 3.05) is 6.54 Å². The van der Waals surface area contributed by atoms with E-state index in [-0.39, 0.29) is 18.8 Å². The van der Waals surface area contributed by atoms with Gasteiger partial charge in [0.25, 0.3) is 0 Å². The number of rotatable bonds is 15. The fraction of sp³-hybridized carbons (Fsp3) is 0.484. The molecule has 0 aromatic heterocycles. The van der Waals surface area contributed by atoms with Gasteiger partial charge in [-0.2, -0.15) is 4.99 Å². The molecule has 1 fully saturated rings. The molecule has 2 aromatic carbocycles. The number of unbranched alkanes of at least 4 members (excludes halogenated alkanes) is 9. The molecule has 1 saturated heterocycles. The van der Waals surface area contributed by atoms with E-state index in [0.717, 1.165) is 30.4 Å². The lowest BCUT2D eigenvalue weighted by atomic mass is 9.74. The molecule has 3 rings (SSSR count). The summed E-state index contributed by atoms with van der Waals surface area (Å²) in [7, 11) is 0. The maximum absolute atomic E-state index is 13.4. The van der Waals surface area contributed by atoms with Crippen LogP contribution in [0.5, 0.6) is 0 Å². The minimum Gasteiger partial charge on any atom is -0.336 e. The van der Waals surface area contributed by atoms with Crippen LogP contribution < -0.4 is 16.0 Å². The van der Waals surface area contributed by atoms with Crippen molar-refractivity contribution in [3.8, 4) is 0 Å². The molecule has 3 N–H and O–H groups in total. The van der Waals surface area contributed by atoms with E-state index in [1.54, 1.807) is 0 Å². The van der Waals surface area contributed by atoms with Gasteiger partial charge in [-0.1, -0.05) is 125 Å². The van der Waals surface area contributed by atoms with Crippen molar-refractivity contribution in [3.05, 3.63) is 71.8 Å². The molecule has 0 radical (unpaired) electrons. The van der Waals surface area contributed by atoms with E-state index in [9.17, 15) is 14.4 Å². The van der Waals surface area contributed by atoms with Crippen LogP contribution in [-0.4, -0.2) is 30.3 Å². The Bertz CT molecular complexity index is 990. The summed E-state index contributed by atoms with van der Waals surface area (Å²) in [6.45, 7) is 2.75. The molecule has 204 valence electrons. The zero-order valence-electron chi connectivity index (χ0n) is 22.6. The van der Waals surface area contributed by atoms with Crippen molar-refractivity contribution in [2.45, 2.75) is 84.0 Å². The molecule has 38 heavy (non-hydrogen) atoms. The SMILES string of the molecule is CCCCCCCCCCCCNC(=O)N=C1NC(=O)C(Cc2ccccc2)(Cc2ccccc2)C(=O)N1. The molecule has 0 bridgehead atoms. The standard InChI is InChI=1S/C31H42N4O3/c1-2-3-4-5-6-7-8-9-10-17-22-32-30(38)35-29-33-27(36)31(28(37)34-29,23-25-18-13-11-14-19-25)24-26-20-15-12-16-21-26/h11-16,18-21H,2-10,17,22-24H2,1H3,(H3,32,33,34,35,36,37,38). The molecule has 7 nitrogen and oxygen atoms in total. The monoisotopic (exact) mass is 518 g/mol. The van der Waals surface area contributed by atoms with Gasteiger partial charge in [-0.05, 0) is 30.4 Å². The van der Waals surface area contributed by atoms with Crippen LogP contribution in [-0.2, 0) is 22.4 Å². The van der Waals surface area contributed by atoms with E-state index < -0.39 is 23.3 Å². The quantitative estimate of drug-likeness (QED) is 0.209. The summed E-state index contributed by atoms with van der Waals surface area (Å²) in [5, 5.41) is 8.10. The maximum atomic E-state index is 13.4. The number of carbonyl (C=O) groups excluding carboxylic acids is 3. The van der Waals surface area contributed by atoms with Crippen LogP contribution in [0.15, 0.2) is 65.7 Å². The number of urea groups is 1. The van der Waals surface area contributed by atoms with Crippen LogP contribution in [0, 0.1) is 5.41 Å². The third-order valence-corrected chi connectivity index (χ3v) is 7.05. The van der Waals surface area contributed by atoms with Gasteiger partial charge in [0.15, 0.2) is 0 Å². The molecule has 1 aliphatic rings. The molecule has 0 saturated carbocycles. The second kappa shape index (κ2) is 15.7. The number of amides is 4. The average Bonchev–Trinajstić information content (AvgIpc) is 2.91. The molecule has 7 heteroatoms. The van der Waals surface area contributed by atoms with Gasteiger partial charge in [0.1, 0.15) is 5.41 Å². The molecule has 0 spiro atoms. The second-order valence-electron chi connectivity index (χ2n) is 10.2. The van der Waals surface area contributed by atoms with E-state index in [1.807, 2.05) is 60.7 Å². The van der Waals surface area contributed by atoms with Crippen LogP contribution in [0.25, 0.3) is 0 Å². The molecule has 4 amide bonds. The number of aliphatic imine (C=N–C) groups is 1. The summed E-state index contributed by atoms with van der Waals surface area (Å²) in [6.07, 6.45) is 12.7. The lowest BCUT2D eigenvalue weighted by Crippen LogP contribution is -2.64. The smallest absolute Gasteiger partial charge is 0.336 e. The highest BCUT2D eigenvalue weighted by atomic mass is 16.2. The first-order chi connectivity index (χ1) is 18.5. The second-order valence-corrected chi connectivity index (χ2v) is 10.2. The van der Waals surface area contributed by atoms with Gasteiger partial charge in [-0.3, -0.25) is 20.2 Å². The van der Waals surface area contributed by atoms with E-state index in [1.165, 1.54) is 44.9 Å². The summed E-state index contributed by atoms with van der Waals surface area (Å²) in [5.74, 6) is -1.05. The first-order valence-corrected chi connectivity index (χ1v) is 14.1. The van der Waals surface area contributed by atoms with Crippen molar-refractivity contribution in [3.63, 3.8) is 0 Å². The number of benzene rings is 2. The molecular weight excluding hydrogens is 476 g/mol. The largest absolute Gasteiger partial charge is 0.344 e. The van der Waals surface area contributed by atoms with E-state index >= 15 is 0 Å². The summed E-state index contributed by atoms with van der Waals surface area (Å²) < 4.78 is 0. The fourth-order valence-corrected chi connectivity index (χ4v) is 4.87. The Balaban J connectivity index is 1.49. The molecular formula is C31H42N4O3. The van der Waals surface area contributed by atoms with Crippen molar-refractivity contribution in [1.29, 1.82) is 0 Å². The molecule has 0 atom stereocenters. The summed E-state index contributed by atoms with van der Waals surface area (Å²) in [4.78, 5) is 43.0. The Labute approximate surface area is 226 Å². The van der Waals surface area contributed by atoms with Crippen LogP contribution in [0.2, 0.25) is 0 Å². The Morgan fingerprint density at radius 2 is 1.16 bits per heavy atom. The number of nitrogens with one attached hydrogen (secondary N) is 3. The maximum Gasteiger partial charge on any atom is 0.344 e. The predicted octanol–water partition coefficient (Wildman–Crippen LogP) is 5.69. The molecule has 2 aromatic rings. The topological polar surface area (TPSA) is 99.7 Å². The fourth-order valence-electron chi connectivity index (χ4n) is 4.87. The first kappa shape index (κ1) is 29.1. The Kier molecular flexibility index (Phi) is 12.0. The molecule has 1 heterocycles. The van der Waals surface area contributed by atoms with Gasteiger partial charge >= 0.3 is 6.03 Å². The average molecular weight is 519 g/mol. The Hall–Kier alpha value is -3.48. The zero-order chi connectivity index (χ0) is 27.1. The van der Waals surface area contributed by atoms with Crippen molar-refractivity contribution >= 4 is 23.8 Å². The van der Waals surface area contributed by atoms with Gasteiger partial charge in [-0.25, -0.2) is 4.79 Å². The minimum atomic E-state index is -1.35. The number of hydrogen-bond acceptors (Lipinski definition) is 3. The minimum absolute atomic E-state index is 0.127. The zero-order valence-corrected chi connectivity index (χ0v) is 22.6. The third-order valence-electron chi connectivity index (χ3n) is 7.05. The molecule has 0 unspecified atom stereocenters. The lowest BCUT2D eigenvalue weighted by molar-refractivity contribution is -0.143. The Morgan fingerprint density at radius 3 is 1.63 bits per heavy atom. The van der Waals surface area contributed by atoms with Crippen LogP contribution in [0.1, 0.15) is 82.3 Å². The molecule has 1 aliphatic heterocycles. The van der Waals surface area contributed by atoms with E-state index in [4.69, 9.17) is 0 Å². The van der Waals surface area contributed by atoms with E-state index in [2.05, 4.69) is 27.9 Å². The van der Waals surface area contributed by atoms with Crippen LogP contribution in [0.3, 0.4) is 0 Å². The van der Waals surface area contributed by atoms with Gasteiger partial charge in [0.2, 0.25) is 17.8 Å². The van der Waals surface area contributed by atoms with Gasteiger partial charge in [-0.15, -0.1) is 0 Å². The van der Waals surface area contributed by atoms with Crippen molar-refractivity contribution in [2.24, 2.45) is 10.4 Å². The van der Waals surface area contributed by atoms with E-state index in [0.29, 0.717) is 6.54 Å². The summed E-state index contributed by atoms with van der Waals surface area (Å²) >= 11 is 0. The first-order valence-electron chi connectivity index (χ1n) is 14.1. The normalized spacial score (nSPS) is 14.5. The third kappa shape index (κ3) is 9.12. The van der Waals surface area contributed by atoms with Crippen molar-refractivity contribution < 1.29 is 14.4 Å². The molecule has 0 aliphatic carbocycles. The highest BCUT2D eigenvalue weighted by Gasteiger charge is 2.49. The van der Waals surface area contributed by atoms with Crippen LogP contribution in [0.4, 0.5) is 4.79 Å². The van der Waals surface area contributed by atoms with Crippen molar-refractivity contribution in [1.82, 2.24) is 16.0 Å². The number of guanidine groups is 1. The summed E-state index contributed by atoms with van der Waals surface area (Å²) in [5.41, 5.74) is 0.403. The highest BCUT2D eigenvalue weighted by molar-refractivity contribution is 6.21. The number of hydrogen-bond donors (Lipinski definition) is 3. The predicted molar refractivity (Wildman–Crippen MR) is 152 cm³/mol. The van der Waals surface area contributed by atoms with Gasteiger partial charge < -0.3 is 5.32 Å². The highest BCUT2D eigenvalue weighted by Crippen LogP contribution is 2.31. The lowest BCUT2D eigenvalue weighted by Gasteiger charge is -2.35. The number of nitrogens with zero attached hydrogens (tertiary/aromatic N) is 1. The Morgan fingerprint density at radius 1 is 0.711 bits per heavy atom. The van der Waals surface area contributed by atoms with Gasteiger partial charge in [0.05, 0.1) is 0 Å². The summed E-state index contributed by atoms with van der Waals surface area (Å²) in [6, 6.07) is 18.4. The number of carbonyl (C=O) groups is 3. The van der Waals surface area contributed by atoms with Gasteiger partial charge in [0, 0.05) is 6.54 Å². The van der Waals surface area contributed by atoms with Crippen LogP contribution >= 0.6 is 0 Å².